The average Bonchev–Trinajstić information content (AvgIpc) is 2.56. The Hall–Kier alpha value is -1.82. The van der Waals surface area contributed by atoms with Crippen molar-refractivity contribution in [1.82, 2.24) is 0 Å². The SMILES string of the molecule is CCCCCCCCc1cccc2cc3ccc[c]c3cc12. The van der Waals surface area contributed by atoms with E-state index in [-0.39, 0.29) is 0 Å². The molecule has 22 heavy (non-hydrogen) atoms. The molecule has 0 fully saturated rings. The van der Waals surface area contributed by atoms with Crippen LogP contribution in [0.3, 0.4) is 0 Å². The van der Waals surface area contributed by atoms with Gasteiger partial charge in [-0.25, -0.2) is 0 Å². The topological polar surface area (TPSA) is 0 Å². The number of fused-ring (bicyclic) bond motifs is 2. The predicted molar refractivity (Wildman–Crippen MR) is 97.4 cm³/mol. The summed E-state index contributed by atoms with van der Waals surface area (Å²) in [6, 6.07) is 20.9. The summed E-state index contributed by atoms with van der Waals surface area (Å²) in [4.78, 5) is 0. The van der Waals surface area contributed by atoms with Crippen molar-refractivity contribution in [2.45, 2.75) is 51.9 Å². The molecular formula is C22H25. The number of hydrogen-bond donors (Lipinski definition) is 0. The van der Waals surface area contributed by atoms with E-state index in [1.165, 1.54) is 72.1 Å². The lowest BCUT2D eigenvalue weighted by molar-refractivity contribution is 0.608. The first kappa shape index (κ1) is 15.1. The third-order valence-electron chi connectivity index (χ3n) is 4.55. The van der Waals surface area contributed by atoms with E-state index in [1.54, 1.807) is 0 Å². The zero-order chi connectivity index (χ0) is 15.2. The molecule has 0 aromatic heterocycles. The molecule has 0 nitrogen and oxygen atoms in total. The monoisotopic (exact) mass is 289 g/mol. The van der Waals surface area contributed by atoms with Gasteiger partial charge < -0.3 is 0 Å². The predicted octanol–water partition coefficient (Wildman–Crippen LogP) is 6.70. The Labute approximate surface area is 134 Å². The molecule has 3 aromatic carbocycles. The van der Waals surface area contributed by atoms with Crippen molar-refractivity contribution in [1.29, 1.82) is 0 Å². The fourth-order valence-corrected chi connectivity index (χ4v) is 3.27. The summed E-state index contributed by atoms with van der Waals surface area (Å²) >= 11 is 0. The second-order valence-electron chi connectivity index (χ2n) is 6.27. The number of rotatable bonds is 7. The standard InChI is InChI=1S/C22H25/c1-2-3-4-5-6-7-11-18-14-10-15-21-16-19-12-8-9-13-20(19)17-22(18)21/h8-10,12,14-17H,2-7,11H2,1H3. The van der Waals surface area contributed by atoms with Crippen LogP contribution in [0.15, 0.2) is 48.5 Å². The molecule has 0 spiro atoms. The molecule has 0 unspecified atom stereocenters. The summed E-state index contributed by atoms with van der Waals surface area (Å²) in [5.41, 5.74) is 1.49. The highest BCUT2D eigenvalue weighted by atomic mass is 14.1. The molecule has 3 aromatic rings. The van der Waals surface area contributed by atoms with Crippen LogP contribution in [-0.2, 0) is 6.42 Å². The molecule has 0 amide bonds. The number of hydrogen-bond acceptors (Lipinski definition) is 0. The van der Waals surface area contributed by atoms with E-state index in [1.807, 2.05) is 6.07 Å². The van der Waals surface area contributed by atoms with Crippen LogP contribution in [0.1, 0.15) is 51.0 Å². The summed E-state index contributed by atoms with van der Waals surface area (Å²) in [6.45, 7) is 2.28. The minimum absolute atomic E-state index is 1.20. The molecule has 0 aliphatic carbocycles. The molecule has 0 heteroatoms. The maximum atomic E-state index is 3.36. The lowest BCUT2D eigenvalue weighted by atomic mass is 9.96. The first-order valence-electron chi connectivity index (χ1n) is 8.70. The molecule has 0 bridgehead atoms. The Morgan fingerprint density at radius 1 is 0.818 bits per heavy atom. The lowest BCUT2D eigenvalue weighted by Crippen LogP contribution is -1.89. The second kappa shape index (κ2) is 7.45. The normalized spacial score (nSPS) is 11.3. The summed E-state index contributed by atoms with van der Waals surface area (Å²) in [5.74, 6) is 0. The van der Waals surface area contributed by atoms with E-state index in [0.717, 1.165) is 0 Å². The number of benzene rings is 3. The molecule has 0 N–H and O–H groups in total. The van der Waals surface area contributed by atoms with Gasteiger partial charge in [0.05, 0.1) is 0 Å². The second-order valence-corrected chi connectivity index (χ2v) is 6.27. The van der Waals surface area contributed by atoms with Crippen molar-refractivity contribution in [3.8, 4) is 0 Å². The van der Waals surface area contributed by atoms with Gasteiger partial charge in [0.15, 0.2) is 0 Å². The molecule has 0 saturated heterocycles. The van der Waals surface area contributed by atoms with E-state index in [4.69, 9.17) is 0 Å². The van der Waals surface area contributed by atoms with Crippen molar-refractivity contribution in [3.05, 3.63) is 60.2 Å². The number of unbranched alkanes of at least 4 members (excludes halogenated alkanes) is 5. The van der Waals surface area contributed by atoms with Crippen LogP contribution < -0.4 is 0 Å². The Morgan fingerprint density at radius 2 is 1.64 bits per heavy atom. The van der Waals surface area contributed by atoms with Crippen molar-refractivity contribution >= 4 is 21.5 Å². The molecule has 3 rings (SSSR count). The summed E-state index contributed by atoms with van der Waals surface area (Å²) in [7, 11) is 0. The van der Waals surface area contributed by atoms with Crippen molar-refractivity contribution in [2.24, 2.45) is 0 Å². The van der Waals surface area contributed by atoms with Gasteiger partial charge in [-0.15, -0.1) is 0 Å². The first-order valence-corrected chi connectivity index (χ1v) is 8.70. The highest BCUT2D eigenvalue weighted by molar-refractivity contribution is 5.99. The molecule has 1 radical (unpaired) electrons. The Kier molecular flexibility index (Phi) is 5.11. The highest BCUT2D eigenvalue weighted by Gasteiger charge is 2.03. The van der Waals surface area contributed by atoms with E-state index in [2.05, 4.69) is 55.5 Å². The van der Waals surface area contributed by atoms with Crippen LogP contribution in [0, 0.1) is 6.07 Å². The van der Waals surface area contributed by atoms with Gasteiger partial charge in [0, 0.05) is 0 Å². The van der Waals surface area contributed by atoms with E-state index < -0.39 is 0 Å². The minimum atomic E-state index is 1.20. The zero-order valence-corrected chi connectivity index (χ0v) is 13.6. The van der Waals surface area contributed by atoms with Gasteiger partial charge in [-0.3, -0.25) is 0 Å². The molecule has 0 saturated carbocycles. The highest BCUT2D eigenvalue weighted by Crippen LogP contribution is 2.26. The van der Waals surface area contributed by atoms with Crippen LogP contribution in [0.25, 0.3) is 21.5 Å². The van der Waals surface area contributed by atoms with Crippen molar-refractivity contribution in [3.63, 3.8) is 0 Å². The fourth-order valence-electron chi connectivity index (χ4n) is 3.27. The third kappa shape index (κ3) is 3.50. The third-order valence-corrected chi connectivity index (χ3v) is 4.55. The van der Waals surface area contributed by atoms with Gasteiger partial charge >= 0.3 is 0 Å². The zero-order valence-electron chi connectivity index (χ0n) is 13.6. The van der Waals surface area contributed by atoms with Crippen molar-refractivity contribution < 1.29 is 0 Å². The molecule has 0 aliphatic heterocycles. The van der Waals surface area contributed by atoms with Crippen LogP contribution >= 0.6 is 0 Å². The molecule has 0 atom stereocenters. The Bertz CT molecular complexity index is 739. The van der Waals surface area contributed by atoms with Crippen LogP contribution in [-0.4, -0.2) is 0 Å². The minimum Gasteiger partial charge on any atom is -0.0654 e. The largest absolute Gasteiger partial charge is 0.0654 e. The van der Waals surface area contributed by atoms with Gasteiger partial charge in [0.1, 0.15) is 0 Å². The van der Waals surface area contributed by atoms with Gasteiger partial charge in [0.25, 0.3) is 0 Å². The van der Waals surface area contributed by atoms with Crippen LogP contribution in [0.2, 0.25) is 0 Å². The first-order chi connectivity index (χ1) is 10.9. The van der Waals surface area contributed by atoms with Crippen LogP contribution in [0.4, 0.5) is 0 Å². The van der Waals surface area contributed by atoms with E-state index in [0.29, 0.717) is 0 Å². The van der Waals surface area contributed by atoms with Gasteiger partial charge in [0.2, 0.25) is 0 Å². The maximum absolute atomic E-state index is 3.36. The van der Waals surface area contributed by atoms with Crippen molar-refractivity contribution in [2.75, 3.05) is 0 Å². The maximum Gasteiger partial charge on any atom is -0.00987 e. The molecule has 0 aliphatic rings. The lowest BCUT2D eigenvalue weighted by Gasteiger charge is -2.08. The van der Waals surface area contributed by atoms with Gasteiger partial charge in [-0.1, -0.05) is 75.4 Å². The Balaban J connectivity index is 1.76. The molecular weight excluding hydrogens is 264 g/mol. The van der Waals surface area contributed by atoms with Gasteiger partial charge in [-0.05, 0) is 58.1 Å². The van der Waals surface area contributed by atoms with E-state index >= 15 is 0 Å². The van der Waals surface area contributed by atoms with Gasteiger partial charge in [-0.2, -0.15) is 0 Å². The summed E-state index contributed by atoms with van der Waals surface area (Å²) in [5, 5.41) is 5.28. The fraction of sp³-hybridized carbons (Fsp3) is 0.364. The van der Waals surface area contributed by atoms with Crippen LogP contribution in [0.5, 0.6) is 0 Å². The molecule has 113 valence electrons. The summed E-state index contributed by atoms with van der Waals surface area (Å²) in [6.07, 6.45) is 9.35. The van der Waals surface area contributed by atoms with E-state index in [9.17, 15) is 0 Å². The molecule has 0 heterocycles. The summed E-state index contributed by atoms with van der Waals surface area (Å²) < 4.78 is 0. The average molecular weight is 289 g/mol. The number of aryl methyl sites for hydroxylation is 1. The Morgan fingerprint density at radius 3 is 2.55 bits per heavy atom. The quantitative estimate of drug-likeness (QED) is 0.335. The smallest absolute Gasteiger partial charge is 0.00987 e.